The molecule has 0 atom stereocenters. The van der Waals surface area contributed by atoms with E-state index in [2.05, 4.69) is 76.2 Å². The van der Waals surface area contributed by atoms with Gasteiger partial charge in [-0.3, -0.25) is 0 Å². The molecule has 0 aliphatic rings. The molecule has 0 N–H and O–H groups in total. The predicted molar refractivity (Wildman–Crippen MR) is 86.7 cm³/mol. The molecule has 0 bridgehead atoms. The lowest BCUT2D eigenvalue weighted by Crippen LogP contribution is -2.10. The van der Waals surface area contributed by atoms with Gasteiger partial charge in [0.1, 0.15) is 0 Å². The fourth-order valence-electron chi connectivity index (χ4n) is 1.91. The lowest BCUT2D eigenvalue weighted by Gasteiger charge is -2.19. The van der Waals surface area contributed by atoms with E-state index in [4.69, 9.17) is 0 Å². The van der Waals surface area contributed by atoms with Crippen molar-refractivity contribution in [3.05, 3.63) is 59.7 Å². The Morgan fingerprint density at radius 1 is 0.632 bits per heavy atom. The third-order valence-electron chi connectivity index (χ3n) is 3.14. The number of hydrogen-bond donors (Lipinski definition) is 0. The number of rotatable bonds is 1. The Balaban J connectivity index is 0.000000861. The zero-order chi connectivity index (χ0) is 14.5. The second kappa shape index (κ2) is 6.56. The van der Waals surface area contributed by atoms with E-state index in [1.807, 2.05) is 13.8 Å². The lowest BCUT2D eigenvalue weighted by atomic mass is 9.86. The van der Waals surface area contributed by atoms with Crippen LogP contribution in [0.4, 0.5) is 0 Å². The molecule has 0 saturated heterocycles. The summed E-state index contributed by atoms with van der Waals surface area (Å²) in [6.45, 7) is 12.8. The number of aryl methyl sites for hydroxylation is 1. The zero-order valence-electron chi connectivity index (χ0n) is 13.1. The third kappa shape index (κ3) is 4.24. The van der Waals surface area contributed by atoms with Gasteiger partial charge in [0.15, 0.2) is 0 Å². The summed E-state index contributed by atoms with van der Waals surface area (Å²) in [5.74, 6) is 0. The fourth-order valence-corrected chi connectivity index (χ4v) is 1.91. The first kappa shape index (κ1) is 15.5. The molecular weight excluding hydrogens is 228 g/mol. The maximum absolute atomic E-state index is 2.24. The van der Waals surface area contributed by atoms with Gasteiger partial charge in [-0.25, -0.2) is 0 Å². The molecule has 0 amide bonds. The Morgan fingerprint density at radius 2 is 1.00 bits per heavy atom. The van der Waals surface area contributed by atoms with Crippen LogP contribution in [0.1, 0.15) is 45.7 Å². The van der Waals surface area contributed by atoms with Crippen molar-refractivity contribution in [3.63, 3.8) is 0 Å². The summed E-state index contributed by atoms with van der Waals surface area (Å²) >= 11 is 0. The molecule has 0 fully saturated rings. The molecule has 0 aliphatic heterocycles. The lowest BCUT2D eigenvalue weighted by molar-refractivity contribution is 0.590. The molecule has 0 radical (unpaired) electrons. The van der Waals surface area contributed by atoms with E-state index < -0.39 is 0 Å². The average molecular weight is 254 g/mol. The van der Waals surface area contributed by atoms with Crippen molar-refractivity contribution in [2.45, 2.75) is 47.0 Å². The molecule has 0 saturated carbocycles. The minimum atomic E-state index is 0.228. The minimum absolute atomic E-state index is 0.228. The van der Waals surface area contributed by atoms with Crippen LogP contribution in [0.5, 0.6) is 0 Å². The van der Waals surface area contributed by atoms with Gasteiger partial charge in [0.2, 0.25) is 0 Å². The molecule has 2 aromatic rings. The molecule has 2 aromatic carbocycles. The van der Waals surface area contributed by atoms with Crippen molar-refractivity contribution in [3.8, 4) is 11.1 Å². The highest BCUT2D eigenvalue weighted by Crippen LogP contribution is 2.26. The van der Waals surface area contributed by atoms with Crippen LogP contribution in [-0.2, 0) is 5.41 Å². The summed E-state index contributed by atoms with van der Waals surface area (Å²) < 4.78 is 0. The molecule has 0 nitrogen and oxygen atoms in total. The molecule has 0 heteroatoms. The zero-order valence-corrected chi connectivity index (χ0v) is 13.1. The average Bonchev–Trinajstić information content (AvgIpc) is 2.41. The molecule has 0 aromatic heterocycles. The highest BCUT2D eigenvalue weighted by molar-refractivity contribution is 5.64. The fraction of sp³-hybridized carbons (Fsp3) is 0.368. The molecule has 0 aliphatic carbocycles. The Hall–Kier alpha value is -1.56. The van der Waals surface area contributed by atoms with E-state index in [1.54, 1.807) is 0 Å². The van der Waals surface area contributed by atoms with E-state index >= 15 is 0 Å². The summed E-state index contributed by atoms with van der Waals surface area (Å²) in [6.07, 6.45) is 0. The summed E-state index contributed by atoms with van der Waals surface area (Å²) in [7, 11) is 0. The van der Waals surface area contributed by atoms with Gasteiger partial charge in [-0.2, -0.15) is 0 Å². The van der Waals surface area contributed by atoms with Gasteiger partial charge in [-0.1, -0.05) is 88.7 Å². The van der Waals surface area contributed by atoms with Crippen LogP contribution in [0.15, 0.2) is 48.5 Å². The topological polar surface area (TPSA) is 0 Å². The van der Waals surface area contributed by atoms with Crippen LogP contribution in [0, 0.1) is 6.92 Å². The Kier molecular flexibility index (Phi) is 5.35. The SMILES string of the molecule is CC.Cc1ccc(-c2ccc(C(C)(C)C)cc2)cc1. The van der Waals surface area contributed by atoms with Gasteiger partial charge in [0, 0.05) is 0 Å². The van der Waals surface area contributed by atoms with Crippen LogP contribution < -0.4 is 0 Å². The smallest absolute Gasteiger partial charge is 0.0132 e. The van der Waals surface area contributed by atoms with Gasteiger partial charge < -0.3 is 0 Å². The van der Waals surface area contributed by atoms with E-state index in [-0.39, 0.29) is 5.41 Å². The van der Waals surface area contributed by atoms with E-state index in [0.29, 0.717) is 0 Å². The van der Waals surface area contributed by atoms with Gasteiger partial charge >= 0.3 is 0 Å². The summed E-state index contributed by atoms with van der Waals surface area (Å²) in [6, 6.07) is 17.6. The van der Waals surface area contributed by atoms with Gasteiger partial charge in [-0.15, -0.1) is 0 Å². The Morgan fingerprint density at radius 3 is 1.37 bits per heavy atom. The van der Waals surface area contributed by atoms with Gasteiger partial charge in [0.05, 0.1) is 0 Å². The summed E-state index contributed by atoms with van der Waals surface area (Å²) in [5.41, 5.74) is 5.49. The van der Waals surface area contributed by atoms with Crippen LogP contribution in [0.2, 0.25) is 0 Å². The second-order valence-corrected chi connectivity index (χ2v) is 5.69. The third-order valence-corrected chi connectivity index (χ3v) is 3.14. The van der Waals surface area contributed by atoms with Crippen LogP contribution in [0.25, 0.3) is 11.1 Å². The molecule has 19 heavy (non-hydrogen) atoms. The van der Waals surface area contributed by atoms with Crippen molar-refractivity contribution in [1.29, 1.82) is 0 Å². The monoisotopic (exact) mass is 254 g/mol. The summed E-state index contributed by atoms with van der Waals surface area (Å²) in [4.78, 5) is 0. The highest BCUT2D eigenvalue weighted by atomic mass is 14.2. The molecule has 0 unspecified atom stereocenters. The number of benzene rings is 2. The molecule has 0 spiro atoms. The maximum atomic E-state index is 2.24. The first-order chi connectivity index (χ1) is 8.97. The first-order valence-corrected chi connectivity index (χ1v) is 7.14. The predicted octanol–water partition coefficient (Wildman–Crippen LogP) is 5.99. The normalized spacial score (nSPS) is 10.6. The number of hydrogen-bond acceptors (Lipinski definition) is 0. The Bertz CT molecular complexity index is 481. The molecular formula is C19H26. The van der Waals surface area contributed by atoms with Crippen molar-refractivity contribution in [2.75, 3.05) is 0 Å². The first-order valence-electron chi connectivity index (χ1n) is 7.14. The quantitative estimate of drug-likeness (QED) is 0.586. The van der Waals surface area contributed by atoms with E-state index in [1.165, 1.54) is 22.3 Å². The highest BCUT2D eigenvalue weighted by Gasteiger charge is 2.12. The molecule has 2 rings (SSSR count). The van der Waals surface area contributed by atoms with Gasteiger partial charge in [0.25, 0.3) is 0 Å². The van der Waals surface area contributed by atoms with Crippen molar-refractivity contribution in [2.24, 2.45) is 0 Å². The molecule has 0 heterocycles. The van der Waals surface area contributed by atoms with Crippen LogP contribution in [0.3, 0.4) is 0 Å². The van der Waals surface area contributed by atoms with Crippen molar-refractivity contribution >= 4 is 0 Å². The molecule has 102 valence electrons. The van der Waals surface area contributed by atoms with E-state index in [0.717, 1.165) is 0 Å². The van der Waals surface area contributed by atoms with Crippen molar-refractivity contribution in [1.82, 2.24) is 0 Å². The Labute approximate surface area is 118 Å². The largest absolute Gasteiger partial charge is 0.0683 e. The second-order valence-electron chi connectivity index (χ2n) is 5.69. The van der Waals surface area contributed by atoms with E-state index in [9.17, 15) is 0 Å². The van der Waals surface area contributed by atoms with Crippen LogP contribution >= 0.6 is 0 Å². The van der Waals surface area contributed by atoms with Crippen LogP contribution in [-0.4, -0.2) is 0 Å². The maximum Gasteiger partial charge on any atom is -0.0132 e. The van der Waals surface area contributed by atoms with Gasteiger partial charge in [-0.05, 0) is 29.0 Å². The van der Waals surface area contributed by atoms with Crippen molar-refractivity contribution < 1.29 is 0 Å². The standard InChI is InChI=1S/C17H20.C2H6/c1-13-5-7-14(8-6-13)15-9-11-16(12-10-15)17(2,3)4;1-2/h5-12H,1-4H3;1-2H3. The minimum Gasteiger partial charge on any atom is -0.0683 e. The summed E-state index contributed by atoms with van der Waals surface area (Å²) in [5, 5.41) is 0.